The van der Waals surface area contributed by atoms with Crippen LogP contribution in [0.4, 0.5) is 5.69 Å². The van der Waals surface area contributed by atoms with Crippen LogP contribution in [0.2, 0.25) is 0 Å². The number of hydrogen-bond acceptors (Lipinski definition) is 7. The first-order chi connectivity index (χ1) is 14.2. The lowest BCUT2D eigenvalue weighted by atomic mass is 10.1. The normalized spacial score (nSPS) is 10.9. The minimum atomic E-state index is -3.23. The number of carbonyl (C=O) groups excluding carboxylic acids is 2. The predicted octanol–water partition coefficient (Wildman–Crippen LogP) is 2.82. The van der Waals surface area contributed by atoms with Crippen molar-refractivity contribution in [2.75, 3.05) is 31.4 Å². The molecule has 0 spiro atoms. The Morgan fingerprint density at radius 2 is 1.67 bits per heavy atom. The molecule has 30 heavy (non-hydrogen) atoms. The second-order valence-corrected chi connectivity index (χ2v) is 8.56. The van der Waals surface area contributed by atoms with E-state index in [4.69, 9.17) is 14.2 Å². The van der Waals surface area contributed by atoms with E-state index in [9.17, 15) is 18.0 Å². The van der Waals surface area contributed by atoms with Gasteiger partial charge in [0, 0.05) is 18.0 Å². The van der Waals surface area contributed by atoms with Gasteiger partial charge >= 0.3 is 5.97 Å². The number of hydrogen-bond donors (Lipinski definition) is 1. The summed E-state index contributed by atoms with van der Waals surface area (Å²) in [5.74, 6) is -0.367. The molecule has 0 radical (unpaired) electrons. The minimum absolute atomic E-state index is 0.170. The van der Waals surface area contributed by atoms with Crippen LogP contribution >= 0.6 is 0 Å². The average molecular weight is 435 g/mol. The first-order valence-corrected chi connectivity index (χ1v) is 11.4. The molecule has 9 heteroatoms. The molecular formula is C21H25NO7S. The van der Waals surface area contributed by atoms with Crippen molar-refractivity contribution < 1.29 is 32.2 Å². The van der Waals surface area contributed by atoms with Crippen LogP contribution in [0.5, 0.6) is 11.5 Å². The Hall–Kier alpha value is -3.07. The van der Waals surface area contributed by atoms with E-state index in [1.807, 2.05) is 13.8 Å². The summed E-state index contributed by atoms with van der Waals surface area (Å²) in [5.41, 5.74) is 1.11. The number of carbonyl (C=O) groups is 2. The molecule has 0 fully saturated rings. The SMILES string of the molecule is CCOc1ccc(NC(=O)COC(=O)c2cccc(CS(C)(=O)=O)c2)cc1OCC. The lowest BCUT2D eigenvalue weighted by Crippen LogP contribution is -2.21. The highest BCUT2D eigenvalue weighted by atomic mass is 32.2. The molecule has 2 aromatic carbocycles. The second-order valence-electron chi connectivity index (χ2n) is 6.42. The standard InChI is InChI=1S/C21H25NO7S/c1-4-27-18-10-9-17(12-19(18)28-5-2)22-20(23)13-29-21(24)16-8-6-7-15(11-16)14-30(3,25)26/h6-12H,4-5,13-14H2,1-3H3,(H,22,23). The van der Waals surface area contributed by atoms with E-state index in [0.29, 0.717) is 36.0 Å². The smallest absolute Gasteiger partial charge is 0.338 e. The van der Waals surface area contributed by atoms with Gasteiger partial charge in [0.25, 0.3) is 5.91 Å². The molecule has 1 amide bonds. The summed E-state index contributed by atoms with van der Waals surface area (Å²) in [5, 5.41) is 2.63. The summed E-state index contributed by atoms with van der Waals surface area (Å²) in [7, 11) is -3.23. The van der Waals surface area contributed by atoms with Crippen molar-refractivity contribution in [2.24, 2.45) is 0 Å². The quantitative estimate of drug-likeness (QED) is 0.572. The first kappa shape index (κ1) is 23.2. The van der Waals surface area contributed by atoms with Crippen LogP contribution in [0, 0.1) is 0 Å². The van der Waals surface area contributed by atoms with E-state index >= 15 is 0 Å². The van der Waals surface area contributed by atoms with Crippen molar-refractivity contribution in [1.29, 1.82) is 0 Å². The van der Waals surface area contributed by atoms with Crippen molar-refractivity contribution in [2.45, 2.75) is 19.6 Å². The molecule has 0 aliphatic heterocycles. The Kier molecular flexibility index (Phi) is 8.23. The van der Waals surface area contributed by atoms with E-state index < -0.39 is 28.3 Å². The molecule has 2 rings (SSSR count). The molecule has 8 nitrogen and oxygen atoms in total. The van der Waals surface area contributed by atoms with Gasteiger partial charge in [-0.25, -0.2) is 13.2 Å². The highest BCUT2D eigenvalue weighted by Gasteiger charge is 2.13. The Morgan fingerprint density at radius 1 is 0.967 bits per heavy atom. The highest BCUT2D eigenvalue weighted by Crippen LogP contribution is 2.30. The zero-order valence-electron chi connectivity index (χ0n) is 17.1. The Balaban J connectivity index is 1.97. The van der Waals surface area contributed by atoms with E-state index in [-0.39, 0.29) is 11.3 Å². The van der Waals surface area contributed by atoms with Crippen LogP contribution in [0.15, 0.2) is 42.5 Å². The number of anilines is 1. The van der Waals surface area contributed by atoms with Gasteiger partial charge in [-0.2, -0.15) is 0 Å². The Morgan fingerprint density at radius 3 is 2.33 bits per heavy atom. The molecule has 0 aromatic heterocycles. The van der Waals surface area contributed by atoms with Gasteiger partial charge in [-0.05, 0) is 43.7 Å². The fourth-order valence-electron chi connectivity index (χ4n) is 2.63. The fraction of sp³-hybridized carbons (Fsp3) is 0.333. The number of amides is 1. The monoisotopic (exact) mass is 435 g/mol. The van der Waals surface area contributed by atoms with Crippen LogP contribution in [-0.4, -0.2) is 46.4 Å². The van der Waals surface area contributed by atoms with Crippen molar-refractivity contribution in [3.05, 3.63) is 53.6 Å². The lowest BCUT2D eigenvalue weighted by molar-refractivity contribution is -0.119. The van der Waals surface area contributed by atoms with E-state index in [1.165, 1.54) is 12.1 Å². The van der Waals surface area contributed by atoms with E-state index in [2.05, 4.69) is 5.32 Å². The largest absolute Gasteiger partial charge is 0.490 e. The molecule has 0 saturated carbocycles. The van der Waals surface area contributed by atoms with E-state index in [1.54, 1.807) is 30.3 Å². The zero-order chi connectivity index (χ0) is 22.1. The maximum absolute atomic E-state index is 12.2. The third kappa shape index (κ3) is 7.40. The third-order valence-electron chi connectivity index (χ3n) is 3.75. The lowest BCUT2D eigenvalue weighted by Gasteiger charge is -2.13. The van der Waals surface area contributed by atoms with Gasteiger partial charge in [0.05, 0.1) is 24.5 Å². The summed E-state index contributed by atoms with van der Waals surface area (Å²) < 4.78 is 38.8. The zero-order valence-corrected chi connectivity index (χ0v) is 18.0. The predicted molar refractivity (Wildman–Crippen MR) is 113 cm³/mol. The molecule has 0 aliphatic rings. The van der Waals surface area contributed by atoms with Gasteiger partial charge in [-0.1, -0.05) is 12.1 Å². The van der Waals surface area contributed by atoms with Gasteiger partial charge in [-0.3, -0.25) is 4.79 Å². The van der Waals surface area contributed by atoms with Gasteiger partial charge in [0.2, 0.25) is 0 Å². The second kappa shape index (κ2) is 10.6. The highest BCUT2D eigenvalue weighted by molar-refractivity contribution is 7.89. The molecule has 0 atom stereocenters. The van der Waals surface area contributed by atoms with Gasteiger partial charge in [-0.15, -0.1) is 0 Å². The molecule has 0 aliphatic carbocycles. The van der Waals surface area contributed by atoms with Crippen molar-refractivity contribution in [3.8, 4) is 11.5 Å². The molecule has 0 saturated heterocycles. The maximum atomic E-state index is 12.2. The average Bonchev–Trinajstić information content (AvgIpc) is 2.67. The van der Waals surface area contributed by atoms with Crippen molar-refractivity contribution in [1.82, 2.24) is 0 Å². The molecule has 1 N–H and O–H groups in total. The van der Waals surface area contributed by atoms with Crippen LogP contribution < -0.4 is 14.8 Å². The van der Waals surface area contributed by atoms with Gasteiger partial charge in [0.1, 0.15) is 0 Å². The number of esters is 1. The molecule has 2 aromatic rings. The fourth-order valence-corrected chi connectivity index (χ4v) is 3.42. The van der Waals surface area contributed by atoms with E-state index in [0.717, 1.165) is 6.26 Å². The number of nitrogens with one attached hydrogen (secondary N) is 1. The summed E-state index contributed by atoms with van der Waals surface area (Å²) in [4.78, 5) is 24.3. The van der Waals surface area contributed by atoms with Crippen LogP contribution in [0.1, 0.15) is 29.8 Å². The van der Waals surface area contributed by atoms with Gasteiger partial charge < -0.3 is 19.5 Å². The van der Waals surface area contributed by atoms with Crippen LogP contribution in [0.25, 0.3) is 0 Å². The molecule has 0 bridgehead atoms. The number of benzene rings is 2. The first-order valence-electron chi connectivity index (χ1n) is 9.35. The van der Waals surface area contributed by atoms with Crippen LogP contribution in [0.3, 0.4) is 0 Å². The summed E-state index contributed by atoms with van der Waals surface area (Å²) in [6, 6.07) is 11.1. The summed E-state index contributed by atoms with van der Waals surface area (Å²) in [6.45, 7) is 4.12. The van der Waals surface area contributed by atoms with Gasteiger partial charge in [0.15, 0.2) is 27.9 Å². The molecule has 0 heterocycles. The Labute approximate surface area is 176 Å². The topological polar surface area (TPSA) is 108 Å². The third-order valence-corrected chi connectivity index (χ3v) is 4.61. The maximum Gasteiger partial charge on any atom is 0.338 e. The van der Waals surface area contributed by atoms with Crippen molar-refractivity contribution in [3.63, 3.8) is 0 Å². The number of rotatable bonds is 10. The minimum Gasteiger partial charge on any atom is -0.490 e. The number of sulfone groups is 1. The molecular weight excluding hydrogens is 410 g/mol. The Bertz CT molecular complexity index is 1000. The summed E-state index contributed by atoms with van der Waals surface area (Å²) in [6.07, 6.45) is 1.11. The molecule has 0 unspecified atom stereocenters. The van der Waals surface area contributed by atoms with Crippen molar-refractivity contribution >= 4 is 27.4 Å². The van der Waals surface area contributed by atoms with Crippen LogP contribution in [-0.2, 0) is 25.1 Å². The number of ether oxygens (including phenoxy) is 3. The molecule has 162 valence electrons. The summed E-state index contributed by atoms with van der Waals surface area (Å²) >= 11 is 0.